The fourth-order valence-corrected chi connectivity index (χ4v) is 9.60. The highest BCUT2D eigenvalue weighted by Gasteiger charge is 2.38. The van der Waals surface area contributed by atoms with Gasteiger partial charge in [0.1, 0.15) is 0 Å². The molecule has 6 aromatic carbocycles. The van der Waals surface area contributed by atoms with Crippen LogP contribution in [0.4, 0.5) is 5.69 Å². The fraction of sp³-hybridized carbons (Fsp3) is 0.217. The maximum absolute atomic E-state index is 4.25. The second-order valence-corrected chi connectivity index (χ2v) is 17.7. The lowest BCUT2D eigenvalue weighted by Gasteiger charge is -2.26. The maximum atomic E-state index is 4.25. The average molecular weight is 795 g/mol. The number of nitrogens with zero attached hydrogens (tertiary/aromatic N) is 1. The number of benzene rings is 6. The van der Waals surface area contributed by atoms with Gasteiger partial charge in [0, 0.05) is 29.0 Å². The molecule has 0 spiro atoms. The van der Waals surface area contributed by atoms with Crippen molar-refractivity contribution >= 4 is 33.8 Å². The summed E-state index contributed by atoms with van der Waals surface area (Å²) in [5.41, 5.74) is 17.8. The number of aryl methyl sites for hydroxylation is 2. The molecule has 0 saturated heterocycles. The van der Waals surface area contributed by atoms with E-state index >= 15 is 0 Å². The van der Waals surface area contributed by atoms with Gasteiger partial charge < -0.3 is 0 Å². The van der Waals surface area contributed by atoms with Crippen LogP contribution in [0.3, 0.4) is 0 Å². The van der Waals surface area contributed by atoms with Gasteiger partial charge in [0.25, 0.3) is 0 Å². The first kappa shape index (κ1) is 41.4. The minimum Gasteiger partial charge on any atom is -0.167 e. The number of hydrogen-bond donors (Lipinski definition) is 0. The Morgan fingerprint density at radius 1 is 0.770 bits per heavy atom. The molecule has 1 heteroatoms. The summed E-state index contributed by atoms with van der Waals surface area (Å²) < 4.78 is 2.30. The van der Waals surface area contributed by atoms with E-state index in [2.05, 4.69) is 235 Å². The predicted molar refractivity (Wildman–Crippen MR) is 265 cm³/mol. The molecule has 1 nitrogen and oxygen atoms in total. The zero-order chi connectivity index (χ0) is 42.6. The molecule has 0 aromatic heterocycles. The van der Waals surface area contributed by atoms with Crippen LogP contribution in [0.15, 0.2) is 188 Å². The highest BCUT2D eigenvalue weighted by molar-refractivity contribution is 5.97. The van der Waals surface area contributed by atoms with Crippen molar-refractivity contribution in [3.63, 3.8) is 0 Å². The van der Waals surface area contributed by atoms with Crippen molar-refractivity contribution in [3.8, 4) is 22.3 Å². The molecule has 6 aromatic rings. The van der Waals surface area contributed by atoms with E-state index in [-0.39, 0.29) is 10.8 Å². The van der Waals surface area contributed by atoms with Crippen molar-refractivity contribution in [2.75, 3.05) is 0 Å². The molecule has 0 saturated carbocycles. The monoisotopic (exact) mass is 794 g/mol. The first-order valence-corrected chi connectivity index (χ1v) is 22.2. The van der Waals surface area contributed by atoms with Crippen LogP contribution in [0.25, 0.3) is 44.2 Å². The Balaban J connectivity index is 1.23. The smallest absolute Gasteiger partial charge is 0.167 e. The summed E-state index contributed by atoms with van der Waals surface area (Å²) in [7, 11) is 0. The molecule has 0 N–H and O–H groups in total. The van der Waals surface area contributed by atoms with E-state index < -0.39 is 0 Å². The van der Waals surface area contributed by atoms with Crippen molar-refractivity contribution in [2.24, 2.45) is 0 Å². The normalized spacial score (nSPS) is 17.2. The Kier molecular flexibility index (Phi) is 12.0. The SMILES string of the molecule is C=CCC(C)(\C=C/[N+](=C\C=C1/C(=C\C)C(C)(C)c2cc(C3=CC=CCC3)ccc21)c1ccc(-c2ccc3ccccc3c2)cc1)c1ccc(C)c(-c2ccccc2CCC)c1. The second-order valence-electron chi connectivity index (χ2n) is 17.7. The minimum atomic E-state index is -0.302. The second kappa shape index (κ2) is 17.7. The van der Waals surface area contributed by atoms with Gasteiger partial charge in [0.2, 0.25) is 5.69 Å². The van der Waals surface area contributed by atoms with Crippen LogP contribution in [0.2, 0.25) is 0 Å². The number of fused-ring (bicyclic) bond motifs is 2. The summed E-state index contributed by atoms with van der Waals surface area (Å²) in [5, 5.41) is 2.51. The molecular formula is C60H60N+. The van der Waals surface area contributed by atoms with Crippen molar-refractivity contribution in [1.29, 1.82) is 0 Å². The number of allylic oxidation sites excluding steroid dienone is 10. The predicted octanol–water partition coefficient (Wildman–Crippen LogP) is 16.3. The number of hydrogen-bond acceptors (Lipinski definition) is 0. The molecular weight excluding hydrogens is 735 g/mol. The van der Waals surface area contributed by atoms with E-state index in [0.717, 1.165) is 37.8 Å². The average Bonchev–Trinajstić information content (AvgIpc) is 3.51. The first-order chi connectivity index (χ1) is 29.6. The zero-order valence-corrected chi connectivity index (χ0v) is 37.0. The topological polar surface area (TPSA) is 3.01 Å². The Bertz CT molecular complexity index is 2790. The number of rotatable bonds is 12. The fourth-order valence-electron chi connectivity index (χ4n) is 9.60. The highest BCUT2D eigenvalue weighted by Crippen LogP contribution is 2.50. The van der Waals surface area contributed by atoms with Crippen LogP contribution < -0.4 is 0 Å². The Morgan fingerprint density at radius 2 is 1.52 bits per heavy atom. The minimum absolute atomic E-state index is 0.117. The maximum Gasteiger partial charge on any atom is 0.210 e. The van der Waals surface area contributed by atoms with E-state index in [0.29, 0.717) is 0 Å². The van der Waals surface area contributed by atoms with Gasteiger partial charge in [-0.05, 0) is 159 Å². The van der Waals surface area contributed by atoms with Crippen LogP contribution >= 0.6 is 0 Å². The van der Waals surface area contributed by atoms with Gasteiger partial charge >= 0.3 is 0 Å². The Labute approximate surface area is 365 Å². The summed E-state index contributed by atoms with van der Waals surface area (Å²) >= 11 is 0. The molecule has 61 heavy (non-hydrogen) atoms. The molecule has 0 radical (unpaired) electrons. The largest absolute Gasteiger partial charge is 0.210 e. The molecule has 0 heterocycles. The van der Waals surface area contributed by atoms with Gasteiger partial charge in [0.05, 0.1) is 0 Å². The van der Waals surface area contributed by atoms with Crippen LogP contribution in [0.1, 0.15) is 93.7 Å². The quantitative estimate of drug-likeness (QED) is 0.0659. The molecule has 2 aliphatic carbocycles. The molecule has 1 atom stereocenters. The third kappa shape index (κ3) is 8.40. The summed E-state index contributed by atoms with van der Waals surface area (Å²) in [6.07, 6.45) is 25.6. The zero-order valence-electron chi connectivity index (χ0n) is 37.0. The lowest BCUT2D eigenvalue weighted by atomic mass is 9.77. The molecule has 0 fully saturated rings. The van der Waals surface area contributed by atoms with Gasteiger partial charge in [-0.15, -0.1) is 6.58 Å². The lowest BCUT2D eigenvalue weighted by Crippen LogP contribution is -2.19. The third-order valence-corrected chi connectivity index (χ3v) is 13.2. The van der Waals surface area contributed by atoms with Crippen LogP contribution in [0, 0.1) is 6.92 Å². The molecule has 8 rings (SSSR count). The van der Waals surface area contributed by atoms with Crippen LogP contribution in [0.5, 0.6) is 0 Å². The summed E-state index contributed by atoms with van der Waals surface area (Å²) in [6.45, 7) is 18.0. The van der Waals surface area contributed by atoms with Gasteiger partial charge in [-0.25, -0.2) is 0 Å². The standard InChI is InChI=1S/C60H60N/c1-8-18-47-22-16-17-24-53(47)56-42-51(31-25-43(56)4)60(7,36-9-2)37-39-61(52-32-28-46(29-33-52)49-27-26-45-21-14-15-23-48(45)40-49)38-35-55-54-34-30-50(44-19-12-11-13-20-44)41-58(54)59(5,6)57(55)10-3/h9-12,14-17,19,21-35,37-42H,2,8,13,18,20,36H2,1,3-7H3/q+1/b39-37-,55-35-,57-10+,61-38+. The van der Waals surface area contributed by atoms with Crippen molar-refractivity contribution in [2.45, 2.75) is 84.5 Å². The summed E-state index contributed by atoms with van der Waals surface area (Å²) in [4.78, 5) is 0. The van der Waals surface area contributed by atoms with Crippen molar-refractivity contribution < 1.29 is 4.58 Å². The van der Waals surface area contributed by atoms with E-state index in [1.807, 2.05) is 0 Å². The van der Waals surface area contributed by atoms with Gasteiger partial charge in [-0.2, -0.15) is 4.58 Å². The summed E-state index contributed by atoms with van der Waals surface area (Å²) in [5.74, 6) is 0. The van der Waals surface area contributed by atoms with Crippen molar-refractivity contribution in [3.05, 3.63) is 222 Å². The van der Waals surface area contributed by atoms with Crippen LogP contribution in [-0.2, 0) is 17.3 Å². The van der Waals surface area contributed by atoms with Crippen LogP contribution in [-0.4, -0.2) is 10.8 Å². The van der Waals surface area contributed by atoms with E-state index in [9.17, 15) is 0 Å². The van der Waals surface area contributed by atoms with E-state index in [1.54, 1.807) is 0 Å². The molecule has 0 bridgehead atoms. The lowest BCUT2D eigenvalue weighted by molar-refractivity contribution is -0.354. The molecule has 304 valence electrons. The Hall–Kier alpha value is -6.31. The van der Waals surface area contributed by atoms with Crippen molar-refractivity contribution in [1.82, 2.24) is 0 Å². The van der Waals surface area contributed by atoms with E-state index in [1.165, 1.54) is 83.1 Å². The van der Waals surface area contributed by atoms with Gasteiger partial charge in [-0.3, -0.25) is 0 Å². The third-order valence-electron chi connectivity index (χ3n) is 13.2. The molecule has 0 aliphatic heterocycles. The first-order valence-electron chi connectivity index (χ1n) is 22.2. The molecule has 2 aliphatic rings. The van der Waals surface area contributed by atoms with Gasteiger partial charge in [-0.1, -0.05) is 149 Å². The highest BCUT2D eigenvalue weighted by atomic mass is 15.0. The molecule has 0 amide bonds. The summed E-state index contributed by atoms with van der Waals surface area (Å²) in [6, 6.07) is 47.4. The van der Waals surface area contributed by atoms with E-state index in [4.69, 9.17) is 0 Å². The Morgan fingerprint density at radius 3 is 2.28 bits per heavy atom. The van der Waals surface area contributed by atoms with Gasteiger partial charge in [0.15, 0.2) is 12.4 Å². The molecule has 1 unspecified atom stereocenters.